The van der Waals surface area contributed by atoms with Gasteiger partial charge in [-0.1, -0.05) is 6.42 Å². The van der Waals surface area contributed by atoms with Crippen molar-refractivity contribution in [2.45, 2.75) is 45.2 Å². The summed E-state index contributed by atoms with van der Waals surface area (Å²) in [5.41, 5.74) is 1.35. The van der Waals surface area contributed by atoms with Crippen LogP contribution in [-0.4, -0.2) is 59.9 Å². The Morgan fingerprint density at radius 3 is 2.38 bits per heavy atom. The summed E-state index contributed by atoms with van der Waals surface area (Å²) in [7, 11) is 0. The van der Waals surface area contributed by atoms with Gasteiger partial charge in [0.25, 0.3) is 0 Å². The molecule has 1 aromatic carbocycles. The Balaban J connectivity index is 1.60. The lowest BCUT2D eigenvalue weighted by Gasteiger charge is -2.40. The number of hydrogen-bond acceptors (Lipinski definition) is 4. The first-order valence-electron chi connectivity index (χ1n) is 9.33. The molecule has 2 amide bonds. The molecule has 2 heterocycles. The first-order valence-corrected chi connectivity index (χ1v) is 9.33. The molecule has 2 aliphatic heterocycles. The van der Waals surface area contributed by atoms with E-state index in [1.165, 1.54) is 6.42 Å². The molecular formula is C20H26N4O2. The van der Waals surface area contributed by atoms with Gasteiger partial charge < -0.3 is 9.80 Å². The van der Waals surface area contributed by atoms with Crippen LogP contribution >= 0.6 is 0 Å². The maximum atomic E-state index is 12.7. The predicted octanol–water partition coefficient (Wildman–Crippen LogP) is 2.00. The highest BCUT2D eigenvalue weighted by atomic mass is 16.2. The van der Waals surface area contributed by atoms with Crippen molar-refractivity contribution in [3.8, 4) is 6.07 Å². The van der Waals surface area contributed by atoms with Crippen LogP contribution in [0.1, 0.15) is 38.7 Å². The zero-order chi connectivity index (χ0) is 18.7. The molecule has 26 heavy (non-hydrogen) atoms. The van der Waals surface area contributed by atoms with E-state index in [0.29, 0.717) is 37.3 Å². The number of rotatable bonds is 3. The Morgan fingerprint density at radius 2 is 1.81 bits per heavy atom. The smallest absolute Gasteiger partial charge is 0.246 e. The van der Waals surface area contributed by atoms with E-state index >= 15 is 0 Å². The van der Waals surface area contributed by atoms with E-state index in [0.717, 1.165) is 18.5 Å². The number of hydrogen-bond donors (Lipinski definition) is 0. The minimum atomic E-state index is -0.0750. The Bertz CT molecular complexity index is 700. The van der Waals surface area contributed by atoms with Gasteiger partial charge >= 0.3 is 0 Å². The largest absolute Gasteiger partial charge is 0.330 e. The van der Waals surface area contributed by atoms with Gasteiger partial charge in [0.2, 0.25) is 11.8 Å². The zero-order valence-corrected chi connectivity index (χ0v) is 15.5. The van der Waals surface area contributed by atoms with Crippen molar-refractivity contribution in [3.05, 3.63) is 29.8 Å². The molecule has 0 N–H and O–H groups in total. The third-order valence-electron chi connectivity index (χ3n) is 5.58. The number of nitrogens with zero attached hydrogens (tertiary/aromatic N) is 4. The number of likely N-dealkylation sites (tertiary alicyclic amines) is 1. The Kier molecular flexibility index (Phi) is 5.58. The van der Waals surface area contributed by atoms with Crippen molar-refractivity contribution < 1.29 is 9.59 Å². The second-order valence-electron chi connectivity index (χ2n) is 7.32. The van der Waals surface area contributed by atoms with Crippen molar-refractivity contribution in [1.82, 2.24) is 9.80 Å². The molecule has 1 aromatic rings. The highest BCUT2D eigenvalue weighted by molar-refractivity contribution is 5.98. The number of benzene rings is 1. The molecule has 138 valence electrons. The number of piperidine rings is 1. The summed E-state index contributed by atoms with van der Waals surface area (Å²) in [6.07, 6.45) is 3.47. The fourth-order valence-electron chi connectivity index (χ4n) is 3.92. The number of amides is 2. The van der Waals surface area contributed by atoms with Gasteiger partial charge in [0.05, 0.1) is 18.2 Å². The molecule has 2 aliphatic rings. The van der Waals surface area contributed by atoms with Gasteiger partial charge in [-0.3, -0.25) is 14.5 Å². The van der Waals surface area contributed by atoms with Crippen LogP contribution < -0.4 is 4.90 Å². The van der Waals surface area contributed by atoms with Crippen LogP contribution in [0.25, 0.3) is 0 Å². The van der Waals surface area contributed by atoms with Gasteiger partial charge in [-0.2, -0.15) is 5.26 Å². The standard InChI is InChI=1S/C20H26N4O2/c1-15-4-3-5-16(2)24(15)14-19(25)22-10-11-23(20(26)13-22)18-8-6-17(12-21)7-9-18/h6-9,15-16H,3-5,10-11,13-14H2,1-2H3/t15-,16+. The lowest BCUT2D eigenvalue weighted by atomic mass is 9.97. The van der Waals surface area contributed by atoms with Crippen LogP contribution in [0.5, 0.6) is 0 Å². The van der Waals surface area contributed by atoms with Crippen LogP contribution in [-0.2, 0) is 9.59 Å². The second-order valence-corrected chi connectivity index (χ2v) is 7.32. The van der Waals surface area contributed by atoms with E-state index in [9.17, 15) is 9.59 Å². The summed E-state index contributed by atoms with van der Waals surface area (Å²) in [5, 5.41) is 8.88. The van der Waals surface area contributed by atoms with Crippen LogP contribution in [0.4, 0.5) is 5.69 Å². The van der Waals surface area contributed by atoms with E-state index in [1.54, 1.807) is 34.1 Å². The van der Waals surface area contributed by atoms with Crippen molar-refractivity contribution >= 4 is 17.5 Å². The first kappa shape index (κ1) is 18.4. The molecule has 6 heteroatoms. The minimum Gasteiger partial charge on any atom is -0.330 e. The average molecular weight is 354 g/mol. The highest BCUT2D eigenvalue weighted by Crippen LogP contribution is 2.23. The van der Waals surface area contributed by atoms with E-state index < -0.39 is 0 Å². The normalized spacial score (nSPS) is 24.4. The molecule has 2 fully saturated rings. The number of carbonyl (C=O) groups excluding carboxylic acids is 2. The SMILES string of the molecule is C[C@@H]1CCC[C@H](C)N1CC(=O)N1CCN(c2ccc(C#N)cc2)C(=O)C1. The van der Waals surface area contributed by atoms with E-state index in [4.69, 9.17) is 5.26 Å². The van der Waals surface area contributed by atoms with Gasteiger partial charge in [0, 0.05) is 30.9 Å². The maximum Gasteiger partial charge on any atom is 0.246 e. The van der Waals surface area contributed by atoms with Crippen LogP contribution in [0, 0.1) is 11.3 Å². The fourth-order valence-corrected chi connectivity index (χ4v) is 3.92. The maximum absolute atomic E-state index is 12.7. The molecule has 6 nitrogen and oxygen atoms in total. The lowest BCUT2D eigenvalue weighted by molar-refractivity contribution is -0.139. The van der Waals surface area contributed by atoms with Crippen molar-refractivity contribution in [1.29, 1.82) is 5.26 Å². The van der Waals surface area contributed by atoms with E-state index in [1.807, 2.05) is 0 Å². The molecule has 0 saturated carbocycles. The topological polar surface area (TPSA) is 67.7 Å². The monoisotopic (exact) mass is 354 g/mol. The molecule has 0 aliphatic carbocycles. The van der Waals surface area contributed by atoms with Crippen molar-refractivity contribution in [3.63, 3.8) is 0 Å². The number of carbonyl (C=O) groups is 2. The molecule has 2 atom stereocenters. The highest BCUT2D eigenvalue weighted by Gasteiger charge is 2.32. The summed E-state index contributed by atoms with van der Waals surface area (Å²) in [6.45, 7) is 5.90. The Hall–Kier alpha value is -2.39. The Labute approximate surface area is 155 Å². The molecule has 0 unspecified atom stereocenters. The van der Waals surface area contributed by atoms with E-state index in [-0.39, 0.29) is 18.4 Å². The van der Waals surface area contributed by atoms with Gasteiger partial charge in [0.1, 0.15) is 6.54 Å². The van der Waals surface area contributed by atoms with Crippen molar-refractivity contribution in [2.75, 3.05) is 31.1 Å². The predicted molar refractivity (Wildman–Crippen MR) is 99.6 cm³/mol. The average Bonchev–Trinajstić information content (AvgIpc) is 2.65. The molecule has 0 bridgehead atoms. The number of anilines is 1. The lowest BCUT2D eigenvalue weighted by Crippen LogP contribution is -2.56. The molecule has 0 aromatic heterocycles. The molecule has 0 radical (unpaired) electrons. The molecule has 3 rings (SSSR count). The molecular weight excluding hydrogens is 328 g/mol. The van der Waals surface area contributed by atoms with E-state index in [2.05, 4.69) is 24.8 Å². The summed E-state index contributed by atoms with van der Waals surface area (Å²) < 4.78 is 0. The van der Waals surface area contributed by atoms with Crippen LogP contribution in [0.15, 0.2) is 24.3 Å². The van der Waals surface area contributed by atoms with Crippen LogP contribution in [0.3, 0.4) is 0 Å². The number of nitriles is 1. The number of piperazine rings is 1. The minimum absolute atomic E-state index is 0.0402. The van der Waals surface area contributed by atoms with Gasteiger partial charge in [-0.25, -0.2) is 0 Å². The third-order valence-corrected chi connectivity index (χ3v) is 5.58. The van der Waals surface area contributed by atoms with Gasteiger partial charge in [0.15, 0.2) is 0 Å². The Morgan fingerprint density at radius 1 is 1.15 bits per heavy atom. The summed E-state index contributed by atoms with van der Waals surface area (Å²) in [4.78, 5) is 30.9. The van der Waals surface area contributed by atoms with Gasteiger partial charge in [-0.05, 0) is 51.0 Å². The quantitative estimate of drug-likeness (QED) is 0.833. The van der Waals surface area contributed by atoms with Gasteiger partial charge in [-0.15, -0.1) is 0 Å². The second kappa shape index (κ2) is 7.88. The summed E-state index contributed by atoms with van der Waals surface area (Å²) >= 11 is 0. The molecule has 2 saturated heterocycles. The zero-order valence-electron chi connectivity index (χ0n) is 15.5. The molecule has 0 spiro atoms. The fraction of sp³-hybridized carbons (Fsp3) is 0.550. The van der Waals surface area contributed by atoms with Crippen molar-refractivity contribution in [2.24, 2.45) is 0 Å². The summed E-state index contributed by atoms with van der Waals surface area (Å²) in [6, 6.07) is 9.89. The summed E-state index contributed by atoms with van der Waals surface area (Å²) in [5.74, 6) is -0.0347. The first-order chi connectivity index (χ1) is 12.5. The van der Waals surface area contributed by atoms with Crippen LogP contribution in [0.2, 0.25) is 0 Å². The third kappa shape index (κ3) is 3.88.